The summed E-state index contributed by atoms with van der Waals surface area (Å²) in [4.78, 5) is 24.6. The van der Waals surface area contributed by atoms with E-state index in [2.05, 4.69) is 9.97 Å². The van der Waals surface area contributed by atoms with E-state index in [9.17, 15) is 9.18 Å². The van der Waals surface area contributed by atoms with Crippen molar-refractivity contribution in [3.05, 3.63) is 78.4 Å². The number of halogens is 1. The minimum atomic E-state index is -0.299. The lowest BCUT2D eigenvalue weighted by atomic mass is 10.3. The second-order valence-corrected chi connectivity index (χ2v) is 8.43. The monoisotopic (exact) mass is 439 g/mol. The van der Waals surface area contributed by atoms with E-state index in [0.29, 0.717) is 17.4 Å². The maximum Gasteiger partial charge on any atom is 0.239 e. The van der Waals surface area contributed by atoms with Crippen LogP contribution < -0.4 is 9.64 Å². The first-order valence-corrected chi connectivity index (χ1v) is 11.0. The molecule has 152 valence electrons. The molecule has 0 aliphatic heterocycles. The number of hydrogen-bond acceptors (Lipinski definition) is 6. The molecule has 4 rings (SSSR count). The van der Waals surface area contributed by atoms with Crippen molar-refractivity contribution < 1.29 is 13.9 Å². The number of carbonyl (C=O) groups is 1. The largest absolute Gasteiger partial charge is 0.497 e. The standard InChI is InChI=1S/C22H18FN3O2S2/c1-28-17-7-10-20-19(12-17)25-22(30-20)26(13-16-4-2-3-11-24-16)21(27)14-29-18-8-5-15(23)6-9-18/h2-12H,13-14H2,1H3. The first-order valence-electron chi connectivity index (χ1n) is 9.15. The Morgan fingerprint density at radius 3 is 2.73 bits per heavy atom. The smallest absolute Gasteiger partial charge is 0.239 e. The summed E-state index contributed by atoms with van der Waals surface area (Å²) in [5, 5.41) is 0.605. The van der Waals surface area contributed by atoms with Crippen molar-refractivity contribution in [3.8, 4) is 5.75 Å². The molecule has 2 aromatic carbocycles. The summed E-state index contributed by atoms with van der Waals surface area (Å²) < 4.78 is 19.4. The highest BCUT2D eigenvalue weighted by Gasteiger charge is 2.21. The van der Waals surface area contributed by atoms with E-state index in [4.69, 9.17) is 4.74 Å². The molecule has 0 radical (unpaired) electrons. The van der Waals surface area contributed by atoms with Crippen molar-refractivity contribution in [1.82, 2.24) is 9.97 Å². The fraction of sp³-hybridized carbons (Fsp3) is 0.136. The highest BCUT2D eigenvalue weighted by atomic mass is 32.2. The Labute approximate surface area is 181 Å². The predicted octanol–water partition coefficient (Wildman–Crippen LogP) is 5.16. The van der Waals surface area contributed by atoms with Gasteiger partial charge in [-0.1, -0.05) is 17.4 Å². The van der Waals surface area contributed by atoms with Crippen LogP contribution in [0.25, 0.3) is 10.2 Å². The molecule has 0 unspecified atom stereocenters. The van der Waals surface area contributed by atoms with Crippen molar-refractivity contribution in [2.45, 2.75) is 11.4 Å². The molecule has 0 saturated heterocycles. The Morgan fingerprint density at radius 1 is 1.17 bits per heavy atom. The Kier molecular flexibility index (Phi) is 6.25. The van der Waals surface area contributed by atoms with Crippen molar-refractivity contribution in [2.75, 3.05) is 17.8 Å². The second kappa shape index (κ2) is 9.23. The number of nitrogens with zero attached hydrogens (tertiary/aromatic N) is 3. The molecule has 0 saturated carbocycles. The maximum absolute atomic E-state index is 13.1. The van der Waals surface area contributed by atoms with Crippen LogP contribution in [0.4, 0.5) is 9.52 Å². The summed E-state index contributed by atoms with van der Waals surface area (Å²) in [7, 11) is 1.61. The molecule has 0 atom stereocenters. The second-order valence-electron chi connectivity index (χ2n) is 6.37. The van der Waals surface area contributed by atoms with Gasteiger partial charge < -0.3 is 4.74 Å². The van der Waals surface area contributed by atoms with Crippen LogP contribution in [-0.2, 0) is 11.3 Å². The zero-order chi connectivity index (χ0) is 20.9. The summed E-state index contributed by atoms with van der Waals surface area (Å²) in [6, 6.07) is 17.4. The minimum absolute atomic E-state index is 0.0963. The van der Waals surface area contributed by atoms with Crippen LogP contribution in [0.5, 0.6) is 5.75 Å². The molecule has 0 aliphatic carbocycles. The van der Waals surface area contributed by atoms with Gasteiger partial charge in [-0.2, -0.15) is 0 Å². The molecule has 2 heterocycles. The molecule has 0 bridgehead atoms. The molecule has 0 spiro atoms. The molecule has 1 amide bonds. The van der Waals surface area contributed by atoms with Crippen LogP contribution in [0.3, 0.4) is 0 Å². The van der Waals surface area contributed by atoms with Crippen LogP contribution in [0.1, 0.15) is 5.69 Å². The molecular weight excluding hydrogens is 421 g/mol. The van der Waals surface area contributed by atoms with E-state index in [1.807, 2.05) is 36.4 Å². The quantitative estimate of drug-likeness (QED) is 0.372. The number of carbonyl (C=O) groups excluding carboxylic acids is 1. The normalized spacial score (nSPS) is 10.9. The van der Waals surface area contributed by atoms with Crippen LogP contribution in [-0.4, -0.2) is 28.7 Å². The number of rotatable bonds is 7. The Balaban J connectivity index is 1.60. The fourth-order valence-electron chi connectivity index (χ4n) is 2.81. The van der Waals surface area contributed by atoms with E-state index in [1.165, 1.54) is 35.2 Å². The number of methoxy groups -OCH3 is 1. The average Bonchev–Trinajstić information content (AvgIpc) is 3.20. The summed E-state index contributed by atoms with van der Waals surface area (Å²) in [5.74, 6) is 0.528. The van der Waals surface area contributed by atoms with Gasteiger partial charge in [0.25, 0.3) is 0 Å². The van der Waals surface area contributed by atoms with Gasteiger partial charge in [0, 0.05) is 17.2 Å². The van der Waals surface area contributed by atoms with E-state index in [0.717, 1.165) is 20.8 Å². The highest BCUT2D eigenvalue weighted by molar-refractivity contribution is 8.00. The third-order valence-electron chi connectivity index (χ3n) is 4.34. The number of benzene rings is 2. The Morgan fingerprint density at radius 2 is 2.00 bits per heavy atom. The molecule has 30 heavy (non-hydrogen) atoms. The lowest BCUT2D eigenvalue weighted by molar-refractivity contribution is -0.116. The lowest BCUT2D eigenvalue weighted by Gasteiger charge is -2.19. The number of fused-ring (bicyclic) bond motifs is 1. The van der Waals surface area contributed by atoms with Crippen molar-refractivity contribution >= 4 is 44.4 Å². The minimum Gasteiger partial charge on any atom is -0.497 e. The summed E-state index contributed by atoms with van der Waals surface area (Å²) in [5.41, 5.74) is 1.55. The number of thiazole rings is 1. The SMILES string of the molecule is COc1ccc2sc(N(Cc3ccccn3)C(=O)CSc3ccc(F)cc3)nc2c1. The molecule has 4 aromatic rings. The summed E-state index contributed by atoms with van der Waals surface area (Å²) in [6.45, 7) is 0.320. The Hall–Kier alpha value is -2.97. The van der Waals surface area contributed by atoms with Gasteiger partial charge in [0.2, 0.25) is 5.91 Å². The zero-order valence-electron chi connectivity index (χ0n) is 16.1. The Bertz CT molecular complexity index is 1150. The summed E-state index contributed by atoms with van der Waals surface area (Å²) >= 11 is 2.81. The summed E-state index contributed by atoms with van der Waals surface area (Å²) in [6.07, 6.45) is 1.70. The van der Waals surface area contributed by atoms with Crippen LogP contribution >= 0.6 is 23.1 Å². The molecule has 0 aliphatic rings. The topological polar surface area (TPSA) is 55.3 Å². The lowest BCUT2D eigenvalue weighted by Crippen LogP contribution is -2.32. The highest BCUT2D eigenvalue weighted by Crippen LogP contribution is 2.32. The third kappa shape index (κ3) is 4.77. The molecule has 5 nitrogen and oxygen atoms in total. The van der Waals surface area contributed by atoms with Crippen molar-refractivity contribution in [1.29, 1.82) is 0 Å². The van der Waals surface area contributed by atoms with Gasteiger partial charge in [0.15, 0.2) is 5.13 Å². The predicted molar refractivity (Wildman–Crippen MR) is 119 cm³/mol. The number of pyridine rings is 1. The number of thioether (sulfide) groups is 1. The number of anilines is 1. The van der Waals surface area contributed by atoms with Gasteiger partial charge >= 0.3 is 0 Å². The van der Waals surface area contributed by atoms with E-state index in [-0.39, 0.29) is 17.5 Å². The first kappa shape index (κ1) is 20.3. The van der Waals surface area contributed by atoms with Crippen LogP contribution in [0.2, 0.25) is 0 Å². The van der Waals surface area contributed by atoms with Gasteiger partial charge in [0.1, 0.15) is 11.6 Å². The van der Waals surface area contributed by atoms with Gasteiger partial charge in [0.05, 0.1) is 35.3 Å². The van der Waals surface area contributed by atoms with E-state index >= 15 is 0 Å². The van der Waals surface area contributed by atoms with Gasteiger partial charge in [-0.25, -0.2) is 9.37 Å². The van der Waals surface area contributed by atoms with Crippen molar-refractivity contribution in [3.63, 3.8) is 0 Å². The number of ether oxygens (including phenoxy) is 1. The molecule has 0 fully saturated rings. The van der Waals surface area contributed by atoms with Crippen LogP contribution in [0, 0.1) is 5.82 Å². The van der Waals surface area contributed by atoms with Crippen molar-refractivity contribution in [2.24, 2.45) is 0 Å². The number of amides is 1. The molecule has 0 N–H and O–H groups in total. The number of hydrogen-bond donors (Lipinski definition) is 0. The third-order valence-corrected chi connectivity index (χ3v) is 6.39. The zero-order valence-corrected chi connectivity index (χ0v) is 17.8. The molecule has 8 heteroatoms. The maximum atomic E-state index is 13.1. The molecular formula is C22H18FN3O2S2. The fourth-order valence-corrected chi connectivity index (χ4v) is 4.54. The molecule has 2 aromatic heterocycles. The van der Waals surface area contributed by atoms with E-state index < -0.39 is 0 Å². The first-order chi connectivity index (χ1) is 14.6. The van der Waals surface area contributed by atoms with Gasteiger partial charge in [-0.3, -0.25) is 14.7 Å². The van der Waals surface area contributed by atoms with Gasteiger partial charge in [-0.15, -0.1) is 11.8 Å². The van der Waals surface area contributed by atoms with E-state index in [1.54, 1.807) is 30.3 Å². The number of aromatic nitrogens is 2. The van der Waals surface area contributed by atoms with Crippen LogP contribution in [0.15, 0.2) is 71.8 Å². The van der Waals surface area contributed by atoms with Gasteiger partial charge in [-0.05, 0) is 48.5 Å². The average molecular weight is 440 g/mol.